The molecule has 0 bridgehead atoms. The van der Waals surface area contributed by atoms with Gasteiger partial charge in [-0.05, 0) is 44.4 Å². The third-order valence-electron chi connectivity index (χ3n) is 4.68. The van der Waals surface area contributed by atoms with Gasteiger partial charge in [-0.2, -0.15) is 0 Å². The molecule has 7 nitrogen and oxygen atoms in total. The van der Waals surface area contributed by atoms with Crippen molar-refractivity contribution in [3.8, 4) is 0 Å². The number of hydrogen-bond donors (Lipinski definition) is 2. The molecule has 2 N–H and O–H groups in total. The van der Waals surface area contributed by atoms with Crippen molar-refractivity contribution >= 4 is 27.1 Å². The summed E-state index contributed by atoms with van der Waals surface area (Å²) in [4.78, 5) is 23.9. The zero-order chi connectivity index (χ0) is 18.4. The standard InChI is InChI=1S/C17H21N3O4S/c1-17(8-5-9-17)19-14-13(15(21)16(14)22)18-11-6-4-7-12(10-11)25(23,24)20(2)3/h4,6-7,10,18-19H,5,8-9H2,1-3H3. The lowest BCUT2D eigenvalue weighted by molar-refractivity contribution is 0.306. The number of hydrogen-bond acceptors (Lipinski definition) is 6. The highest BCUT2D eigenvalue weighted by atomic mass is 32.2. The van der Waals surface area contributed by atoms with Crippen LogP contribution in [-0.2, 0) is 10.0 Å². The zero-order valence-electron chi connectivity index (χ0n) is 14.4. The van der Waals surface area contributed by atoms with Crippen LogP contribution in [0.4, 0.5) is 17.1 Å². The molecule has 1 saturated carbocycles. The molecular formula is C17H21N3O4S. The van der Waals surface area contributed by atoms with E-state index in [1.54, 1.807) is 12.1 Å². The predicted molar refractivity (Wildman–Crippen MR) is 97.8 cm³/mol. The molecular weight excluding hydrogens is 342 g/mol. The lowest BCUT2D eigenvalue weighted by Crippen LogP contribution is -2.47. The van der Waals surface area contributed by atoms with E-state index >= 15 is 0 Å². The lowest BCUT2D eigenvalue weighted by Gasteiger charge is -2.40. The van der Waals surface area contributed by atoms with Gasteiger partial charge in [0.1, 0.15) is 11.4 Å². The molecule has 2 aromatic carbocycles. The second-order valence-corrected chi connectivity index (χ2v) is 9.04. The quantitative estimate of drug-likeness (QED) is 0.758. The number of sulfonamides is 1. The molecule has 0 saturated heterocycles. The molecule has 0 spiro atoms. The molecule has 8 heteroatoms. The van der Waals surface area contributed by atoms with Gasteiger partial charge in [0.15, 0.2) is 0 Å². The number of benzene rings is 1. The van der Waals surface area contributed by atoms with Crippen LogP contribution in [0.15, 0.2) is 38.8 Å². The first-order chi connectivity index (χ1) is 11.6. The van der Waals surface area contributed by atoms with Gasteiger partial charge in [0.2, 0.25) is 10.0 Å². The SMILES string of the molecule is CN(C)S(=O)(=O)c1cccc(Nc2c(NC3(C)CCC3)c(=O)c2=O)c1. The van der Waals surface area contributed by atoms with Gasteiger partial charge in [0.25, 0.3) is 10.9 Å². The fourth-order valence-corrected chi connectivity index (χ4v) is 3.80. The molecule has 3 rings (SSSR count). The summed E-state index contributed by atoms with van der Waals surface area (Å²) in [6, 6.07) is 6.17. The first-order valence-electron chi connectivity index (χ1n) is 8.05. The first-order valence-corrected chi connectivity index (χ1v) is 9.49. The Morgan fingerprint density at radius 1 is 1.08 bits per heavy atom. The molecule has 0 radical (unpaired) electrons. The Balaban J connectivity index is 1.88. The van der Waals surface area contributed by atoms with E-state index in [1.807, 2.05) is 6.92 Å². The molecule has 0 heterocycles. The maximum atomic E-state index is 12.2. The van der Waals surface area contributed by atoms with E-state index in [0.717, 1.165) is 23.6 Å². The molecule has 0 aliphatic heterocycles. The fourth-order valence-electron chi connectivity index (χ4n) is 2.85. The molecule has 1 fully saturated rings. The number of nitrogens with zero attached hydrogens (tertiary/aromatic N) is 1. The maximum absolute atomic E-state index is 12.2. The van der Waals surface area contributed by atoms with Gasteiger partial charge < -0.3 is 10.6 Å². The number of anilines is 3. The summed E-state index contributed by atoms with van der Waals surface area (Å²) in [5.74, 6) is 0. The van der Waals surface area contributed by atoms with Crippen LogP contribution in [0.25, 0.3) is 0 Å². The van der Waals surface area contributed by atoms with Crippen LogP contribution in [-0.4, -0.2) is 32.4 Å². The summed E-state index contributed by atoms with van der Waals surface area (Å²) in [7, 11) is -0.672. The molecule has 0 amide bonds. The van der Waals surface area contributed by atoms with Crippen molar-refractivity contribution in [1.29, 1.82) is 0 Å². The van der Waals surface area contributed by atoms with Crippen LogP contribution in [0.1, 0.15) is 26.2 Å². The predicted octanol–water partition coefficient (Wildman–Crippen LogP) is 1.63. The van der Waals surface area contributed by atoms with Gasteiger partial charge in [0, 0.05) is 25.3 Å². The van der Waals surface area contributed by atoms with Gasteiger partial charge in [-0.25, -0.2) is 12.7 Å². The monoisotopic (exact) mass is 363 g/mol. The van der Waals surface area contributed by atoms with E-state index in [1.165, 1.54) is 26.2 Å². The topological polar surface area (TPSA) is 95.6 Å². The van der Waals surface area contributed by atoms with Crippen molar-refractivity contribution < 1.29 is 8.42 Å². The van der Waals surface area contributed by atoms with E-state index in [2.05, 4.69) is 10.6 Å². The Kier molecular flexibility index (Phi) is 4.20. The van der Waals surface area contributed by atoms with Gasteiger partial charge in [-0.1, -0.05) is 6.07 Å². The summed E-state index contributed by atoms with van der Waals surface area (Å²) in [5.41, 5.74) is -0.365. The van der Waals surface area contributed by atoms with Crippen LogP contribution in [0.2, 0.25) is 0 Å². The fraction of sp³-hybridized carbons (Fsp3) is 0.412. The van der Waals surface area contributed by atoms with Gasteiger partial charge >= 0.3 is 0 Å². The minimum atomic E-state index is -3.58. The molecule has 1 aliphatic carbocycles. The molecule has 25 heavy (non-hydrogen) atoms. The Labute approximate surface area is 146 Å². The first kappa shape index (κ1) is 17.6. The van der Waals surface area contributed by atoms with Crippen LogP contribution >= 0.6 is 0 Å². The van der Waals surface area contributed by atoms with E-state index in [0.29, 0.717) is 5.69 Å². The molecule has 0 aromatic heterocycles. The minimum Gasteiger partial charge on any atom is -0.375 e. The van der Waals surface area contributed by atoms with Crippen LogP contribution < -0.4 is 21.5 Å². The normalized spacial score (nSPS) is 16.6. The summed E-state index contributed by atoms with van der Waals surface area (Å²) in [5, 5.41) is 6.06. The smallest absolute Gasteiger partial charge is 0.253 e. The third kappa shape index (κ3) is 3.07. The zero-order valence-corrected chi connectivity index (χ0v) is 15.2. The summed E-state index contributed by atoms with van der Waals surface area (Å²) >= 11 is 0. The van der Waals surface area contributed by atoms with Gasteiger partial charge in [0.05, 0.1) is 4.90 Å². The van der Waals surface area contributed by atoms with Crippen LogP contribution in [0.3, 0.4) is 0 Å². The Morgan fingerprint density at radius 2 is 1.72 bits per heavy atom. The van der Waals surface area contributed by atoms with Crippen LogP contribution in [0, 0.1) is 0 Å². The largest absolute Gasteiger partial charge is 0.375 e. The van der Waals surface area contributed by atoms with Gasteiger partial charge in [-0.15, -0.1) is 0 Å². The van der Waals surface area contributed by atoms with Crippen molar-refractivity contribution in [2.45, 2.75) is 36.6 Å². The van der Waals surface area contributed by atoms with Crippen molar-refractivity contribution in [3.63, 3.8) is 0 Å². The van der Waals surface area contributed by atoms with E-state index < -0.39 is 20.9 Å². The van der Waals surface area contributed by atoms with Crippen LogP contribution in [0.5, 0.6) is 0 Å². The second-order valence-electron chi connectivity index (χ2n) is 6.89. The van der Waals surface area contributed by atoms with Crippen molar-refractivity contribution in [3.05, 3.63) is 44.7 Å². The second kappa shape index (κ2) is 5.96. The lowest BCUT2D eigenvalue weighted by atomic mass is 9.78. The average molecular weight is 363 g/mol. The molecule has 1 aliphatic rings. The van der Waals surface area contributed by atoms with Crippen molar-refractivity contribution in [2.75, 3.05) is 24.7 Å². The minimum absolute atomic E-state index is 0.113. The highest BCUT2D eigenvalue weighted by Crippen LogP contribution is 2.36. The van der Waals surface area contributed by atoms with Crippen molar-refractivity contribution in [1.82, 2.24) is 4.31 Å². The Bertz CT molecular complexity index is 984. The summed E-state index contributed by atoms with van der Waals surface area (Å²) < 4.78 is 25.6. The Hall–Kier alpha value is -2.19. The number of rotatable bonds is 6. The molecule has 2 aromatic rings. The summed E-state index contributed by atoms with van der Waals surface area (Å²) in [6.45, 7) is 2.02. The van der Waals surface area contributed by atoms with E-state index in [4.69, 9.17) is 0 Å². The summed E-state index contributed by atoms with van der Waals surface area (Å²) in [6.07, 6.45) is 2.98. The molecule has 0 atom stereocenters. The highest BCUT2D eigenvalue weighted by molar-refractivity contribution is 7.89. The highest BCUT2D eigenvalue weighted by Gasteiger charge is 2.35. The Morgan fingerprint density at radius 3 is 2.28 bits per heavy atom. The molecule has 0 unspecified atom stereocenters. The van der Waals surface area contributed by atoms with Crippen molar-refractivity contribution in [2.24, 2.45) is 0 Å². The molecule has 134 valence electrons. The average Bonchev–Trinajstić information content (AvgIpc) is 2.56. The maximum Gasteiger partial charge on any atom is 0.253 e. The van der Waals surface area contributed by atoms with E-state index in [9.17, 15) is 18.0 Å². The third-order valence-corrected chi connectivity index (χ3v) is 6.49. The number of nitrogens with one attached hydrogen (secondary N) is 2. The van der Waals surface area contributed by atoms with Gasteiger partial charge in [-0.3, -0.25) is 9.59 Å². The van der Waals surface area contributed by atoms with E-state index in [-0.39, 0.29) is 21.8 Å².